The summed E-state index contributed by atoms with van der Waals surface area (Å²) < 4.78 is 17.0. The van der Waals surface area contributed by atoms with E-state index >= 15 is 0 Å². The van der Waals surface area contributed by atoms with Crippen molar-refractivity contribution in [3.05, 3.63) is 119 Å². The molecule has 1 N–H and O–H groups in total. The van der Waals surface area contributed by atoms with Crippen molar-refractivity contribution in [2.24, 2.45) is 0 Å². The molecule has 4 aromatic carbocycles. The van der Waals surface area contributed by atoms with E-state index in [1.54, 1.807) is 25.1 Å². The molecular weight excluding hydrogens is 566 g/mol. The Morgan fingerprint density at radius 3 is 2.62 bits per heavy atom. The number of carbonyl (C=O) groups is 2. The van der Waals surface area contributed by atoms with Crippen LogP contribution in [0.15, 0.2) is 97.2 Å². The van der Waals surface area contributed by atoms with Gasteiger partial charge < -0.3 is 19.5 Å². The van der Waals surface area contributed by atoms with E-state index in [0.29, 0.717) is 30.1 Å². The average molecular weight is 600 g/mol. The number of nitrogens with one attached hydrogen (secondary N) is 1. The molecule has 1 fully saturated rings. The number of hydrogen-bond donors (Lipinski definition) is 1. The normalized spacial score (nSPS) is 17.2. The predicted octanol–water partition coefficient (Wildman–Crippen LogP) is 6.77. The quantitative estimate of drug-likeness (QED) is 0.149. The highest BCUT2D eigenvalue weighted by molar-refractivity contribution is 6.07. The van der Waals surface area contributed by atoms with Crippen LogP contribution < -0.4 is 19.5 Å². The number of fused-ring (bicyclic) bond motifs is 2. The first-order valence-electron chi connectivity index (χ1n) is 15.1. The molecule has 1 saturated heterocycles. The molecule has 1 unspecified atom stereocenters. The Balaban J connectivity index is 1.06. The minimum Gasteiger partial charge on any atom is -0.494 e. The van der Waals surface area contributed by atoms with Gasteiger partial charge in [-0.2, -0.15) is 0 Å². The summed E-state index contributed by atoms with van der Waals surface area (Å²) in [6.07, 6.45) is 3.23. The minimum absolute atomic E-state index is 0.137. The molecular formula is C37H33N3O5. The molecule has 0 spiro atoms. The van der Waals surface area contributed by atoms with E-state index in [0.717, 1.165) is 45.3 Å². The number of rotatable bonds is 9. The van der Waals surface area contributed by atoms with Gasteiger partial charge in [-0.15, -0.1) is 0 Å². The number of urea groups is 1. The van der Waals surface area contributed by atoms with Crippen molar-refractivity contribution in [3.63, 3.8) is 0 Å². The topological polar surface area (TPSA) is 90.0 Å². The number of imide groups is 1. The van der Waals surface area contributed by atoms with Crippen molar-refractivity contribution in [2.45, 2.75) is 32.2 Å². The first-order valence-corrected chi connectivity index (χ1v) is 15.1. The Labute approximate surface area is 261 Å². The van der Waals surface area contributed by atoms with E-state index in [9.17, 15) is 9.59 Å². The van der Waals surface area contributed by atoms with Crippen LogP contribution in [0.25, 0.3) is 22.0 Å². The fourth-order valence-corrected chi connectivity index (χ4v) is 6.16. The molecule has 5 aromatic rings. The van der Waals surface area contributed by atoms with E-state index in [1.807, 2.05) is 24.4 Å². The van der Waals surface area contributed by atoms with Gasteiger partial charge in [-0.05, 0) is 84.3 Å². The second-order valence-corrected chi connectivity index (χ2v) is 11.6. The van der Waals surface area contributed by atoms with Crippen LogP contribution in [0, 0.1) is 6.92 Å². The highest BCUT2D eigenvalue weighted by atomic mass is 16.7. The summed E-state index contributed by atoms with van der Waals surface area (Å²) >= 11 is 0. The zero-order valence-corrected chi connectivity index (χ0v) is 25.2. The van der Waals surface area contributed by atoms with Gasteiger partial charge in [0.05, 0.1) is 12.1 Å². The standard InChI is InChI=1S/C37H33N3O5/c1-24-9-6-14-30-33(27(22-38-34(24)30)19-25-10-4-3-5-11-25)26-12-7-13-29(20-26)43-18-8-17-40-35(41)37(2,39-36(40)42)28-15-16-31-32(21-28)45-23-44-31/h3-7,9-16,20-22H,8,17-19,23H2,1-2H3,(H,39,42). The summed E-state index contributed by atoms with van der Waals surface area (Å²) in [5.41, 5.74) is 6.11. The number of aryl methyl sites for hydroxylation is 1. The van der Waals surface area contributed by atoms with Crippen molar-refractivity contribution < 1.29 is 23.8 Å². The van der Waals surface area contributed by atoms with Crippen molar-refractivity contribution in [1.29, 1.82) is 0 Å². The van der Waals surface area contributed by atoms with E-state index in [-0.39, 0.29) is 19.2 Å². The Morgan fingerprint density at radius 2 is 1.76 bits per heavy atom. The Bertz CT molecular complexity index is 1930. The molecule has 0 saturated carbocycles. The predicted molar refractivity (Wildman–Crippen MR) is 171 cm³/mol. The fraction of sp³-hybridized carbons (Fsp3) is 0.216. The number of para-hydroxylation sites is 1. The summed E-state index contributed by atoms with van der Waals surface area (Å²) in [7, 11) is 0. The molecule has 7 rings (SSSR count). The number of pyridine rings is 1. The molecule has 2 aliphatic heterocycles. The van der Waals surface area contributed by atoms with Gasteiger partial charge in [-0.25, -0.2) is 4.79 Å². The van der Waals surface area contributed by atoms with Gasteiger partial charge in [0.15, 0.2) is 11.5 Å². The van der Waals surface area contributed by atoms with Crippen LogP contribution in [0.5, 0.6) is 17.2 Å². The Morgan fingerprint density at radius 1 is 0.933 bits per heavy atom. The van der Waals surface area contributed by atoms with Crippen LogP contribution in [-0.2, 0) is 16.8 Å². The number of aromatic nitrogens is 1. The molecule has 8 heteroatoms. The number of nitrogens with zero attached hydrogens (tertiary/aromatic N) is 2. The zero-order chi connectivity index (χ0) is 31.0. The van der Waals surface area contributed by atoms with Gasteiger partial charge in [-0.1, -0.05) is 66.7 Å². The maximum Gasteiger partial charge on any atom is 0.325 e. The second-order valence-electron chi connectivity index (χ2n) is 11.6. The van der Waals surface area contributed by atoms with Crippen molar-refractivity contribution >= 4 is 22.8 Å². The lowest BCUT2D eigenvalue weighted by Gasteiger charge is -2.22. The molecule has 1 aromatic heterocycles. The third-order valence-corrected chi connectivity index (χ3v) is 8.56. The Hall–Kier alpha value is -5.37. The Kier molecular flexibility index (Phi) is 7.33. The smallest absolute Gasteiger partial charge is 0.325 e. The van der Waals surface area contributed by atoms with E-state index in [2.05, 4.69) is 66.8 Å². The lowest BCUT2D eigenvalue weighted by Crippen LogP contribution is -2.41. The third-order valence-electron chi connectivity index (χ3n) is 8.56. The zero-order valence-electron chi connectivity index (χ0n) is 25.2. The highest BCUT2D eigenvalue weighted by Crippen LogP contribution is 2.38. The van der Waals surface area contributed by atoms with Gasteiger partial charge in [0, 0.05) is 18.1 Å². The van der Waals surface area contributed by atoms with Gasteiger partial charge in [0.2, 0.25) is 6.79 Å². The minimum atomic E-state index is -1.18. The molecule has 3 heterocycles. The van der Waals surface area contributed by atoms with Crippen LogP contribution in [0.1, 0.15) is 35.6 Å². The number of benzene rings is 4. The van der Waals surface area contributed by atoms with Crippen molar-refractivity contribution in [2.75, 3.05) is 19.9 Å². The molecule has 0 radical (unpaired) electrons. The maximum atomic E-state index is 13.4. The molecule has 0 aliphatic carbocycles. The van der Waals surface area contributed by atoms with Gasteiger partial charge in [-0.3, -0.25) is 14.7 Å². The average Bonchev–Trinajstić information content (AvgIpc) is 3.61. The lowest BCUT2D eigenvalue weighted by atomic mass is 9.91. The fourth-order valence-electron chi connectivity index (χ4n) is 6.16. The van der Waals surface area contributed by atoms with E-state index < -0.39 is 11.6 Å². The number of carbonyl (C=O) groups excluding carboxylic acids is 2. The number of amides is 3. The van der Waals surface area contributed by atoms with Crippen molar-refractivity contribution in [1.82, 2.24) is 15.2 Å². The molecule has 3 amide bonds. The first kappa shape index (κ1) is 28.4. The van der Waals surface area contributed by atoms with Crippen LogP contribution in [0.2, 0.25) is 0 Å². The van der Waals surface area contributed by atoms with E-state index in [1.165, 1.54) is 10.5 Å². The summed E-state index contributed by atoms with van der Waals surface area (Å²) in [5, 5.41) is 3.96. The van der Waals surface area contributed by atoms with E-state index in [4.69, 9.17) is 19.2 Å². The number of hydrogen-bond acceptors (Lipinski definition) is 6. The third kappa shape index (κ3) is 5.33. The van der Waals surface area contributed by atoms with Crippen LogP contribution in [-0.4, -0.2) is 41.8 Å². The number of ether oxygens (including phenoxy) is 3. The molecule has 1 atom stereocenters. The maximum absolute atomic E-state index is 13.4. The largest absolute Gasteiger partial charge is 0.494 e. The van der Waals surface area contributed by atoms with Gasteiger partial charge in [0.25, 0.3) is 5.91 Å². The van der Waals surface area contributed by atoms with Crippen LogP contribution in [0.3, 0.4) is 0 Å². The summed E-state index contributed by atoms with van der Waals surface area (Å²) in [6.45, 7) is 4.51. The van der Waals surface area contributed by atoms with Crippen LogP contribution in [0.4, 0.5) is 4.79 Å². The molecule has 226 valence electrons. The van der Waals surface area contributed by atoms with Crippen LogP contribution >= 0.6 is 0 Å². The lowest BCUT2D eigenvalue weighted by molar-refractivity contribution is -0.131. The molecule has 2 aliphatic rings. The first-order chi connectivity index (χ1) is 21.9. The molecule has 0 bridgehead atoms. The molecule has 8 nitrogen and oxygen atoms in total. The van der Waals surface area contributed by atoms with Gasteiger partial charge >= 0.3 is 6.03 Å². The highest BCUT2D eigenvalue weighted by Gasteiger charge is 2.49. The summed E-state index contributed by atoms with van der Waals surface area (Å²) in [4.78, 5) is 32.4. The summed E-state index contributed by atoms with van der Waals surface area (Å²) in [5.74, 6) is 1.60. The summed E-state index contributed by atoms with van der Waals surface area (Å²) in [6, 6.07) is 29.6. The monoisotopic (exact) mass is 599 g/mol. The van der Waals surface area contributed by atoms with Crippen molar-refractivity contribution in [3.8, 4) is 28.4 Å². The second kappa shape index (κ2) is 11.6. The SMILES string of the molecule is Cc1cccc2c(-c3cccc(OCCCN4C(=O)NC(C)(c5ccc6c(c5)OCO6)C4=O)c3)c(Cc3ccccc3)cnc12. The molecule has 45 heavy (non-hydrogen) atoms. The van der Waals surface area contributed by atoms with Gasteiger partial charge in [0.1, 0.15) is 11.3 Å².